The molecule has 0 aromatic carbocycles. The molecule has 0 saturated carbocycles. The van der Waals surface area contributed by atoms with Gasteiger partial charge < -0.3 is 14.2 Å². The summed E-state index contributed by atoms with van der Waals surface area (Å²) in [6.07, 6.45) is 50.6. The molecular weight excluding hydrogens is 709 g/mol. The van der Waals surface area contributed by atoms with Gasteiger partial charge in [-0.3, -0.25) is 14.4 Å². The van der Waals surface area contributed by atoms with Gasteiger partial charge in [0.15, 0.2) is 6.10 Å². The molecular formula is C51H96O6. The van der Waals surface area contributed by atoms with Crippen molar-refractivity contribution in [1.29, 1.82) is 0 Å². The van der Waals surface area contributed by atoms with Crippen LogP contribution in [0.25, 0.3) is 0 Å². The molecule has 0 N–H and O–H groups in total. The third kappa shape index (κ3) is 45.1. The number of hydrogen-bond donors (Lipinski definition) is 0. The summed E-state index contributed by atoms with van der Waals surface area (Å²) in [7, 11) is 0. The van der Waals surface area contributed by atoms with Gasteiger partial charge in [0, 0.05) is 19.3 Å². The molecule has 0 spiro atoms. The van der Waals surface area contributed by atoms with E-state index in [2.05, 4.69) is 32.9 Å². The van der Waals surface area contributed by atoms with E-state index < -0.39 is 6.10 Å². The minimum atomic E-state index is -0.767. The fourth-order valence-electron chi connectivity index (χ4n) is 7.42. The van der Waals surface area contributed by atoms with Crippen LogP contribution < -0.4 is 0 Å². The molecule has 1 atom stereocenters. The van der Waals surface area contributed by atoms with Gasteiger partial charge in [-0.05, 0) is 38.5 Å². The Morgan fingerprint density at radius 2 is 0.596 bits per heavy atom. The minimum Gasteiger partial charge on any atom is -0.462 e. The largest absolute Gasteiger partial charge is 0.462 e. The third-order valence-electron chi connectivity index (χ3n) is 11.3. The number of rotatable bonds is 46. The van der Waals surface area contributed by atoms with Crippen LogP contribution in [0, 0.1) is 0 Å². The van der Waals surface area contributed by atoms with Gasteiger partial charge in [0.2, 0.25) is 0 Å². The first-order valence-corrected chi connectivity index (χ1v) is 25.2. The minimum absolute atomic E-state index is 0.0698. The van der Waals surface area contributed by atoms with Crippen LogP contribution in [0.3, 0.4) is 0 Å². The van der Waals surface area contributed by atoms with E-state index in [4.69, 9.17) is 14.2 Å². The van der Waals surface area contributed by atoms with Crippen molar-refractivity contribution < 1.29 is 28.6 Å². The van der Waals surface area contributed by atoms with Crippen LogP contribution in [0.4, 0.5) is 0 Å². The molecule has 0 bridgehead atoms. The molecule has 1 unspecified atom stereocenters. The van der Waals surface area contributed by atoms with E-state index in [0.29, 0.717) is 19.3 Å². The Bertz CT molecular complexity index is 885. The molecule has 57 heavy (non-hydrogen) atoms. The van der Waals surface area contributed by atoms with E-state index in [1.165, 1.54) is 161 Å². The summed E-state index contributed by atoms with van der Waals surface area (Å²) in [6, 6.07) is 0. The summed E-state index contributed by atoms with van der Waals surface area (Å²) < 4.78 is 16.7. The highest BCUT2D eigenvalue weighted by molar-refractivity contribution is 5.71. The molecule has 0 aliphatic heterocycles. The Labute approximate surface area is 354 Å². The molecule has 0 rings (SSSR count). The maximum Gasteiger partial charge on any atom is 0.306 e. The number of carbonyl (C=O) groups is 3. The monoisotopic (exact) mass is 805 g/mol. The second-order valence-corrected chi connectivity index (χ2v) is 17.1. The quantitative estimate of drug-likeness (QED) is 0.0264. The summed E-state index contributed by atoms with van der Waals surface area (Å²) in [4.78, 5) is 37.8. The first-order chi connectivity index (χ1) is 28.0. The number of unbranched alkanes of at least 4 members (excludes halogenated alkanes) is 33. The number of esters is 3. The van der Waals surface area contributed by atoms with Crippen LogP contribution in [0.5, 0.6) is 0 Å². The van der Waals surface area contributed by atoms with E-state index in [1.54, 1.807) is 0 Å². The van der Waals surface area contributed by atoms with Gasteiger partial charge in [-0.1, -0.05) is 232 Å². The van der Waals surface area contributed by atoms with E-state index in [0.717, 1.165) is 77.0 Å². The molecule has 6 heteroatoms. The summed E-state index contributed by atoms with van der Waals surface area (Å²) in [6.45, 7) is 6.60. The SMILES string of the molecule is CCCC/C=C\CCCCCCC(=O)OC(COC(=O)CCCCCCCCCCCC)COC(=O)CCCCCCCCCCCCCCCCCCCCC. The summed E-state index contributed by atoms with van der Waals surface area (Å²) in [5.74, 6) is -0.872. The Hall–Kier alpha value is -1.85. The fourth-order valence-corrected chi connectivity index (χ4v) is 7.42. The normalized spacial score (nSPS) is 12.0. The zero-order valence-corrected chi connectivity index (χ0v) is 38.4. The highest BCUT2D eigenvalue weighted by atomic mass is 16.6. The van der Waals surface area contributed by atoms with Crippen molar-refractivity contribution in [2.75, 3.05) is 13.2 Å². The van der Waals surface area contributed by atoms with Gasteiger partial charge in [-0.2, -0.15) is 0 Å². The van der Waals surface area contributed by atoms with Crippen molar-refractivity contribution in [3.8, 4) is 0 Å². The molecule has 0 amide bonds. The van der Waals surface area contributed by atoms with Gasteiger partial charge >= 0.3 is 17.9 Å². The lowest BCUT2D eigenvalue weighted by Gasteiger charge is -2.18. The van der Waals surface area contributed by atoms with Gasteiger partial charge in [0.25, 0.3) is 0 Å². The predicted molar refractivity (Wildman–Crippen MR) is 243 cm³/mol. The van der Waals surface area contributed by atoms with Crippen molar-refractivity contribution >= 4 is 17.9 Å². The zero-order valence-electron chi connectivity index (χ0n) is 38.4. The molecule has 0 heterocycles. The molecule has 0 saturated heterocycles. The van der Waals surface area contributed by atoms with Crippen molar-refractivity contribution in [1.82, 2.24) is 0 Å². The summed E-state index contributed by atoms with van der Waals surface area (Å²) in [5.41, 5.74) is 0. The lowest BCUT2D eigenvalue weighted by Crippen LogP contribution is -2.30. The molecule has 336 valence electrons. The maximum atomic E-state index is 12.7. The standard InChI is InChI=1S/C51H96O6/c1-4-7-10-13-16-19-22-23-24-25-26-27-28-29-30-33-35-38-41-44-50(53)56-47-48(57-51(54)45-42-39-36-32-21-18-15-12-9-6-3)46-55-49(52)43-40-37-34-31-20-17-14-11-8-5-2/h15,18,48H,4-14,16-17,19-47H2,1-3H3/b18-15-. The van der Waals surface area contributed by atoms with E-state index in [1.807, 2.05) is 0 Å². The molecule has 0 fully saturated rings. The highest BCUT2D eigenvalue weighted by Gasteiger charge is 2.19. The van der Waals surface area contributed by atoms with Gasteiger partial charge in [0.1, 0.15) is 13.2 Å². The Kier molecular flexibility index (Phi) is 45.3. The molecule has 0 aliphatic carbocycles. The average Bonchev–Trinajstić information content (AvgIpc) is 3.21. The Morgan fingerprint density at radius 1 is 0.333 bits per heavy atom. The van der Waals surface area contributed by atoms with Crippen molar-refractivity contribution in [3.05, 3.63) is 12.2 Å². The van der Waals surface area contributed by atoms with Crippen molar-refractivity contribution in [3.63, 3.8) is 0 Å². The van der Waals surface area contributed by atoms with Gasteiger partial charge in [-0.15, -0.1) is 0 Å². The number of allylic oxidation sites excluding steroid dienone is 2. The highest BCUT2D eigenvalue weighted by Crippen LogP contribution is 2.16. The first kappa shape index (κ1) is 55.2. The number of hydrogen-bond acceptors (Lipinski definition) is 6. The molecule has 0 aliphatic rings. The van der Waals surface area contributed by atoms with E-state index >= 15 is 0 Å². The van der Waals surface area contributed by atoms with Crippen LogP contribution in [0.2, 0.25) is 0 Å². The molecule has 0 aromatic rings. The van der Waals surface area contributed by atoms with Gasteiger partial charge in [0.05, 0.1) is 0 Å². The zero-order chi connectivity index (χ0) is 41.5. The topological polar surface area (TPSA) is 78.9 Å². The number of carbonyl (C=O) groups excluding carboxylic acids is 3. The predicted octanol–water partition coefficient (Wildman–Crippen LogP) is 16.2. The maximum absolute atomic E-state index is 12.7. The van der Waals surface area contributed by atoms with E-state index in [9.17, 15) is 14.4 Å². The summed E-state index contributed by atoms with van der Waals surface area (Å²) >= 11 is 0. The van der Waals surface area contributed by atoms with Crippen LogP contribution in [0.1, 0.15) is 278 Å². The third-order valence-corrected chi connectivity index (χ3v) is 11.3. The van der Waals surface area contributed by atoms with Crippen LogP contribution in [-0.4, -0.2) is 37.2 Å². The van der Waals surface area contributed by atoms with E-state index in [-0.39, 0.29) is 31.1 Å². The second kappa shape index (κ2) is 46.8. The van der Waals surface area contributed by atoms with Gasteiger partial charge in [-0.25, -0.2) is 0 Å². The molecule has 6 nitrogen and oxygen atoms in total. The second-order valence-electron chi connectivity index (χ2n) is 17.1. The molecule has 0 aromatic heterocycles. The Morgan fingerprint density at radius 3 is 0.930 bits per heavy atom. The van der Waals surface area contributed by atoms with Crippen molar-refractivity contribution in [2.24, 2.45) is 0 Å². The van der Waals surface area contributed by atoms with Crippen LogP contribution in [0.15, 0.2) is 12.2 Å². The molecule has 0 radical (unpaired) electrons. The van der Waals surface area contributed by atoms with Crippen LogP contribution >= 0.6 is 0 Å². The fraction of sp³-hybridized carbons (Fsp3) is 0.902. The average molecular weight is 805 g/mol. The first-order valence-electron chi connectivity index (χ1n) is 25.2. The smallest absolute Gasteiger partial charge is 0.306 e. The van der Waals surface area contributed by atoms with Crippen LogP contribution in [-0.2, 0) is 28.6 Å². The Balaban J connectivity index is 4.21. The lowest BCUT2D eigenvalue weighted by molar-refractivity contribution is -0.167. The lowest BCUT2D eigenvalue weighted by atomic mass is 10.0. The number of ether oxygens (including phenoxy) is 3. The van der Waals surface area contributed by atoms with Crippen molar-refractivity contribution in [2.45, 2.75) is 284 Å². The summed E-state index contributed by atoms with van der Waals surface area (Å²) in [5, 5.41) is 0.